The lowest BCUT2D eigenvalue weighted by Crippen LogP contribution is -2.08. The van der Waals surface area contributed by atoms with Gasteiger partial charge in [0, 0.05) is 11.1 Å². The number of hydrogen-bond acceptors (Lipinski definition) is 4. The van der Waals surface area contributed by atoms with E-state index in [1.165, 1.54) is 24.9 Å². The van der Waals surface area contributed by atoms with E-state index < -0.39 is 0 Å². The van der Waals surface area contributed by atoms with E-state index in [4.69, 9.17) is 0 Å². The Morgan fingerprint density at radius 2 is 1.73 bits per heavy atom. The van der Waals surface area contributed by atoms with E-state index in [0.717, 1.165) is 5.56 Å². The van der Waals surface area contributed by atoms with Crippen LogP contribution in [-0.4, -0.2) is 30.4 Å². The van der Waals surface area contributed by atoms with Crippen molar-refractivity contribution in [2.24, 2.45) is 0 Å². The van der Waals surface area contributed by atoms with Crippen LogP contribution >= 0.6 is 11.8 Å². The summed E-state index contributed by atoms with van der Waals surface area (Å²) in [5.74, 6) is -0.374. The van der Waals surface area contributed by atoms with Crippen LogP contribution in [0.5, 0.6) is 0 Å². The first kappa shape index (κ1) is 16.2. The van der Waals surface area contributed by atoms with Crippen molar-refractivity contribution < 1.29 is 18.7 Å². The predicted octanol–water partition coefficient (Wildman–Crippen LogP) is 3.58. The second kappa shape index (κ2) is 7.75. The van der Waals surface area contributed by atoms with Gasteiger partial charge < -0.3 is 4.74 Å². The van der Waals surface area contributed by atoms with Gasteiger partial charge in [-0.15, -0.1) is 11.8 Å². The van der Waals surface area contributed by atoms with Crippen molar-refractivity contribution in [2.75, 3.05) is 18.6 Å². The monoisotopic (exact) mass is 318 g/mol. The quantitative estimate of drug-likeness (QED) is 0.603. The van der Waals surface area contributed by atoms with Gasteiger partial charge >= 0.3 is 5.97 Å². The molecule has 0 aliphatic rings. The lowest BCUT2D eigenvalue weighted by atomic mass is 10.0. The zero-order valence-corrected chi connectivity index (χ0v) is 12.9. The van der Waals surface area contributed by atoms with Gasteiger partial charge in [0.05, 0.1) is 18.6 Å². The van der Waals surface area contributed by atoms with Crippen LogP contribution in [0.2, 0.25) is 0 Å². The van der Waals surface area contributed by atoms with Crippen molar-refractivity contribution in [3.8, 4) is 11.1 Å². The van der Waals surface area contributed by atoms with Crippen LogP contribution in [0, 0.1) is 5.82 Å². The molecule has 0 heterocycles. The van der Waals surface area contributed by atoms with Crippen molar-refractivity contribution in [2.45, 2.75) is 0 Å². The molecule has 2 aromatic rings. The number of carbonyl (C=O) groups excluding carboxylic acids is 2. The van der Waals surface area contributed by atoms with Gasteiger partial charge in [0.2, 0.25) is 0 Å². The number of halogens is 1. The van der Waals surface area contributed by atoms with Gasteiger partial charge in [0.25, 0.3) is 0 Å². The second-order valence-electron chi connectivity index (χ2n) is 4.55. The number of ether oxygens (including phenoxy) is 1. The van der Waals surface area contributed by atoms with Crippen LogP contribution < -0.4 is 0 Å². The molecule has 0 unspecified atom stereocenters. The van der Waals surface area contributed by atoms with Gasteiger partial charge in [-0.1, -0.05) is 42.5 Å². The van der Waals surface area contributed by atoms with Gasteiger partial charge in [-0.05, 0) is 11.6 Å². The number of benzene rings is 2. The van der Waals surface area contributed by atoms with Crippen LogP contribution in [0.1, 0.15) is 10.4 Å². The summed E-state index contributed by atoms with van der Waals surface area (Å²) in [6, 6.07) is 13.3. The minimum atomic E-state index is -0.354. The molecule has 0 radical (unpaired) electrons. The second-order valence-corrected chi connectivity index (χ2v) is 5.53. The highest BCUT2D eigenvalue weighted by Gasteiger charge is 2.09. The van der Waals surface area contributed by atoms with Crippen molar-refractivity contribution in [3.63, 3.8) is 0 Å². The molecule has 0 saturated heterocycles. The fourth-order valence-corrected chi connectivity index (χ4v) is 2.64. The zero-order valence-electron chi connectivity index (χ0n) is 12.0. The Bertz CT molecular complexity index is 668. The highest BCUT2D eigenvalue weighted by molar-refractivity contribution is 8.00. The molecule has 0 aromatic heterocycles. The first-order chi connectivity index (χ1) is 10.6. The average molecular weight is 318 g/mol. The van der Waals surface area contributed by atoms with Gasteiger partial charge in [-0.3, -0.25) is 9.59 Å². The van der Waals surface area contributed by atoms with E-state index in [1.54, 1.807) is 42.5 Å². The van der Waals surface area contributed by atoms with Gasteiger partial charge in [-0.25, -0.2) is 4.39 Å². The molecule has 0 aliphatic heterocycles. The van der Waals surface area contributed by atoms with Crippen molar-refractivity contribution in [3.05, 3.63) is 59.9 Å². The zero-order chi connectivity index (χ0) is 15.9. The standard InChI is InChI=1S/C17H15FO3S/c1-21-17(20)11-22-10-16(19)13-8-6-12(7-9-13)14-4-2-3-5-15(14)18/h2-9H,10-11H2,1H3. The van der Waals surface area contributed by atoms with Crippen LogP contribution in [0.25, 0.3) is 11.1 Å². The van der Waals surface area contributed by atoms with Crippen LogP contribution in [0.15, 0.2) is 48.5 Å². The first-order valence-electron chi connectivity index (χ1n) is 6.64. The highest BCUT2D eigenvalue weighted by atomic mass is 32.2. The summed E-state index contributed by atoms with van der Waals surface area (Å²) in [5, 5.41) is 0. The Kier molecular flexibility index (Phi) is 5.72. The molecule has 0 fully saturated rings. The largest absolute Gasteiger partial charge is 0.468 e. The maximum atomic E-state index is 13.7. The minimum absolute atomic E-state index is 0.0750. The van der Waals surface area contributed by atoms with Crippen LogP contribution in [0.4, 0.5) is 4.39 Å². The Labute approximate surface area is 132 Å². The van der Waals surface area contributed by atoms with E-state index in [-0.39, 0.29) is 29.1 Å². The molecule has 0 saturated carbocycles. The summed E-state index contributed by atoms with van der Waals surface area (Å²) in [7, 11) is 1.31. The number of Topliss-reactive ketones (excluding diaryl/α,β-unsaturated/α-hetero) is 1. The van der Waals surface area contributed by atoms with Gasteiger partial charge in [0.1, 0.15) is 5.82 Å². The van der Waals surface area contributed by atoms with Gasteiger partial charge in [0.15, 0.2) is 5.78 Å². The van der Waals surface area contributed by atoms with Crippen LogP contribution in [0.3, 0.4) is 0 Å². The molecule has 0 atom stereocenters. The number of ketones is 1. The molecule has 114 valence electrons. The third kappa shape index (κ3) is 4.18. The molecule has 0 spiro atoms. The van der Waals surface area contributed by atoms with E-state index in [0.29, 0.717) is 11.1 Å². The summed E-state index contributed by atoms with van der Waals surface area (Å²) in [4.78, 5) is 23.0. The smallest absolute Gasteiger partial charge is 0.315 e. The third-order valence-corrected chi connectivity index (χ3v) is 3.98. The molecule has 2 aromatic carbocycles. The maximum Gasteiger partial charge on any atom is 0.315 e. The topological polar surface area (TPSA) is 43.4 Å². The minimum Gasteiger partial charge on any atom is -0.468 e. The SMILES string of the molecule is COC(=O)CSCC(=O)c1ccc(-c2ccccc2F)cc1. The number of methoxy groups -OCH3 is 1. The normalized spacial score (nSPS) is 10.3. The summed E-state index contributed by atoms with van der Waals surface area (Å²) >= 11 is 1.21. The summed E-state index contributed by atoms with van der Waals surface area (Å²) in [6.45, 7) is 0. The molecular formula is C17H15FO3S. The predicted molar refractivity (Wildman–Crippen MR) is 85.5 cm³/mol. The highest BCUT2D eigenvalue weighted by Crippen LogP contribution is 2.23. The Balaban J connectivity index is 2.01. The van der Waals surface area contributed by atoms with Crippen molar-refractivity contribution in [1.29, 1.82) is 0 Å². The lowest BCUT2D eigenvalue weighted by molar-refractivity contribution is -0.137. The average Bonchev–Trinajstić information content (AvgIpc) is 2.55. The molecular weight excluding hydrogens is 303 g/mol. The molecule has 3 nitrogen and oxygen atoms in total. The fourth-order valence-electron chi connectivity index (χ4n) is 1.90. The number of esters is 1. The lowest BCUT2D eigenvalue weighted by Gasteiger charge is -2.05. The van der Waals surface area contributed by atoms with Crippen molar-refractivity contribution in [1.82, 2.24) is 0 Å². The molecule has 0 N–H and O–H groups in total. The van der Waals surface area contributed by atoms with Crippen molar-refractivity contribution >= 4 is 23.5 Å². The fraction of sp³-hybridized carbons (Fsp3) is 0.176. The Morgan fingerprint density at radius 1 is 1.05 bits per heavy atom. The van der Waals surface area contributed by atoms with E-state index in [9.17, 15) is 14.0 Å². The number of thioether (sulfide) groups is 1. The van der Waals surface area contributed by atoms with E-state index in [1.807, 2.05) is 0 Å². The maximum absolute atomic E-state index is 13.7. The summed E-state index contributed by atoms with van der Waals surface area (Å²) < 4.78 is 18.2. The molecule has 0 bridgehead atoms. The molecule has 0 aliphatic carbocycles. The number of rotatable bonds is 6. The van der Waals surface area contributed by atoms with E-state index in [2.05, 4.69) is 4.74 Å². The van der Waals surface area contributed by atoms with Gasteiger partial charge in [-0.2, -0.15) is 0 Å². The molecule has 0 amide bonds. The van der Waals surface area contributed by atoms with Crippen LogP contribution in [-0.2, 0) is 9.53 Å². The third-order valence-electron chi connectivity index (χ3n) is 3.07. The summed E-state index contributed by atoms with van der Waals surface area (Å²) in [5.41, 5.74) is 1.76. The summed E-state index contributed by atoms with van der Waals surface area (Å²) in [6.07, 6.45) is 0. The molecule has 2 rings (SSSR count). The molecule has 5 heteroatoms. The molecule has 22 heavy (non-hydrogen) atoms. The Morgan fingerprint density at radius 3 is 2.36 bits per heavy atom. The van der Waals surface area contributed by atoms with E-state index >= 15 is 0 Å². The number of hydrogen-bond donors (Lipinski definition) is 0. The Hall–Kier alpha value is -2.14. The first-order valence-corrected chi connectivity index (χ1v) is 7.80. The number of carbonyl (C=O) groups is 2.